The van der Waals surface area contributed by atoms with E-state index in [9.17, 15) is 23.1 Å². The lowest BCUT2D eigenvalue weighted by Gasteiger charge is -2.40. The first-order valence-corrected chi connectivity index (χ1v) is 11.5. The molecule has 1 fully saturated rings. The topological polar surface area (TPSA) is 73.6 Å². The van der Waals surface area contributed by atoms with Gasteiger partial charge in [-0.15, -0.1) is 13.2 Å². The summed E-state index contributed by atoms with van der Waals surface area (Å²) in [6.45, 7) is 6.73. The van der Waals surface area contributed by atoms with Crippen LogP contribution in [-0.2, 0) is 6.42 Å². The molecular formula is C26H29F3N2O4. The van der Waals surface area contributed by atoms with Crippen LogP contribution in [0.15, 0.2) is 36.4 Å². The fourth-order valence-electron chi connectivity index (χ4n) is 5.52. The third kappa shape index (κ3) is 5.55. The Morgan fingerprint density at radius 1 is 1.20 bits per heavy atom. The number of aromatic carboxylic acids is 1. The summed E-state index contributed by atoms with van der Waals surface area (Å²) in [5.41, 5.74) is 2.25. The Morgan fingerprint density at radius 3 is 2.46 bits per heavy atom. The maximum absolute atomic E-state index is 12.5. The normalized spacial score (nSPS) is 20.1. The fraction of sp³-hybridized carbons (Fsp3) is 0.462. The number of halogens is 3. The van der Waals surface area contributed by atoms with Crippen molar-refractivity contribution in [2.24, 2.45) is 11.3 Å². The fourth-order valence-corrected chi connectivity index (χ4v) is 5.52. The maximum Gasteiger partial charge on any atom is 0.573 e. The SMILES string of the molecule is COc1cc2c(cc1C(=O)O)nc(Cc1ccc(OC(F)(F)F)cc1)n2C1C[C@H](C)CC(C)(C)C1. The van der Waals surface area contributed by atoms with Gasteiger partial charge in [0.25, 0.3) is 0 Å². The molecule has 1 aromatic heterocycles. The van der Waals surface area contributed by atoms with Crippen molar-refractivity contribution in [2.45, 2.75) is 58.9 Å². The quantitative estimate of drug-likeness (QED) is 0.420. The molecule has 1 aliphatic carbocycles. The lowest BCUT2D eigenvalue weighted by molar-refractivity contribution is -0.274. The van der Waals surface area contributed by atoms with Gasteiger partial charge in [0.15, 0.2) is 0 Å². The number of hydrogen-bond donors (Lipinski definition) is 1. The highest BCUT2D eigenvalue weighted by Crippen LogP contribution is 2.45. The number of rotatable bonds is 6. The van der Waals surface area contributed by atoms with Crippen LogP contribution in [0.1, 0.15) is 67.8 Å². The van der Waals surface area contributed by atoms with Gasteiger partial charge in [0, 0.05) is 18.5 Å². The molecule has 1 saturated carbocycles. The van der Waals surface area contributed by atoms with Crippen molar-refractivity contribution in [3.8, 4) is 11.5 Å². The van der Waals surface area contributed by atoms with E-state index in [0.717, 1.165) is 36.2 Å². The van der Waals surface area contributed by atoms with Gasteiger partial charge in [-0.25, -0.2) is 9.78 Å². The average molecular weight is 491 g/mol. The second-order valence-electron chi connectivity index (χ2n) is 10.2. The van der Waals surface area contributed by atoms with E-state index >= 15 is 0 Å². The van der Waals surface area contributed by atoms with Crippen molar-refractivity contribution < 1.29 is 32.5 Å². The van der Waals surface area contributed by atoms with Crippen LogP contribution in [0.4, 0.5) is 13.2 Å². The molecule has 6 nitrogen and oxygen atoms in total. The number of hydrogen-bond acceptors (Lipinski definition) is 4. The maximum atomic E-state index is 12.5. The van der Waals surface area contributed by atoms with Gasteiger partial charge >= 0.3 is 12.3 Å². The first-order valence-electron chi connectivity index (χ1n) is 11.5. The van der Waals surface area contributed by atoms with Crippen molar-refractivity contribution in [1.29, 1.82) is 0 Å². The number of carboxylic acid groups (broad SMARTS) is 1. The van der Waals surface area contributed by atoms with E-state index < -0.39 is 12.3 Å². The van der Waals surface area contributed by atoms with Gasteiger partial charge in [-0.05, 0) is 54.4 Å². The number of nitrogens with zero attached hydrogens (tertiary/aromatic N) is 2. The van der Waals surface area contributed by atoms with Crippen LogP contribution in [0.25, 0.3) is 11.0 Å². The number of imidazole rings is 1. The summed E-state index contributed by atoms with van der Waals surface area (Å²) in [6, 6.07) is 9.13. The molecule has 0 aliphatic heterocycles. The van der Waals surface area contributed by atoms with Crippen molar-refractivity contribution in [3.63, 3.8) is 0 Å². The highest BCUT2D eigenvalue weighted by Gasteiger charge is 2.35. The minimum atomic E-state index is -4.75. The third-order valence-corrected chi connectivity index (χ3v) is 6.56. The molecule has 4 rings (SSSR count). The molecule has 2 atom stereocenters. The van der Waals surface area contributed by atoms with Crippen molar-refractivity contribution in [1.82, 2.24) is 9.55 Å². The largest absolute Gasteiger partial charge is 0.573 e. The summed E-state index contributed by atoms with van der Waals surface area (Å²) >= 11 is 0. The van der Waals surface area contributed by atoms with Gasteiger partial charge in [0.2, 0.25) is 0 Å². The number of aromatic nitrogens is 2. The Hall–Kier alpha value is -3.23. The highest BCUT2D eigenvalue weighted by molar-refractivity contribution is 5.96. The summed E-state index contributed by atoms with van der Waals surface area (Å²) in [4.78, 5) is 16.6. The van der Waals surface area contributed by atoms with E-state index in [4.69, 9.17) is 9.72 Å². The molecule has 0 amide bonds. The first-order chi connectivity index (χ1) is 16.3. The molecule has 0 bridgehead atoms. The summed E-state index contributed by atoms with van der Waals surface area (Å²) in [7, 11) is 1.44. The van der Waals surface area contributed by atoms with Gasteiger partial charge < -0.3 is 19.1 Å². The summed E-state index contributed by atoms with van der Waals surface area (Å²) < 4.78 is 49.1. The molecule has 35 heavy (non-hydrogen) atoms. The number of carbonyl (C=O) groups is 1. The van der Waals surface area contributed by atoms with E-state index in [-0.39, 0.29) is 28.5 Å². The predicted octanol–water partition coefficient (Wildman–Crippen LogP) is 6.62. The third-order valence-electron chi connectivity index (χ3n) is 6.56. The molecule has 9 heteroatoms. The molecule has 0 radical (unpaired) electrons. The first kappa shape index (κ1) is 24.9. The van der Waals surface area contributed by atoms with Crippen molar-refractivity contribution >= 4 is 17.0 Å². The Labute approximate surface area is 201 Å². The van der Waals surface area contributed by atoms with Crippen molar-refractivity contribution in [3.05, 3.63) is 53.3 Å². The summed E-state index contributed by atoms with van der Waals surface area (Å²) in [5, 5.41) is 9.62. The Kier molecular flexibility index (Phi) is 6.46. The van der Waals surface area contributed by atoms with Gasteiger partial charge in [-0.3, -0.25) is 0 Å². The van der Waals surface area contributed by atoms with Crippen LogP contribution in [0.2, 0.25) is 0 Å². The summed E-state index contributed by atoms with van der Waals surface area (Å²) in [6.07, 6.45) is -1.39. The Balaban J connectivity index is 1.79. The Bertz CT molecular complexity index is 1230. The second kappa shape index (κ2) is 9.09. The van der Waals surface area contributed by atoms with Crippen molar-refractivity contribution in [2.75, 3.05) is 7.11 Å². The molecule has 0 spiro atoms. The smallest absolute Gasteiger partial charge is 0.496 e. The van der Waals surface area contributed by atoms with Crippen LogP contribution in [-0.4, -0.2) is 34.1 Å². The van der Waals surface area contributed by atoms with E-state index in [1.165, 1.54) is 25.3 Å². The average Bonchev–Trinajstić information content (AvgIpc) is 3.08. The molecule has 188 valence electrons. The zero-order valence-corrected chi connectivity index (χ0v) is 20.1. The number of carboxylic acids is 1. The van der Waals surface area contributed by atoms with E-state index in [1.807, 2.05) is 0 Å². The highest BCUT2D eigenvalue weighted by atomic mass is 19.4. The zero-order valence-electron chi connectivity index (χ0n) is 20.1. The predicted molar refractivity (Wildman–Crippen MR) is 125 cm³/mol. The zero-order chi connectivity index (χ0) is 25.5. The van der Waals surface area contributed by atoms with Crippen LogP contribution < -0.4 is 9.47 Å². The number of alkyl halides is 3. The lowest BCUT2D eigenvalue weighted by atomic mass is 9.70. The molecule has 3 aromatic rings. The molecule has 0 saturated heterocycles. The van der Waals surface area contributed by atoms with Crippen LogP contribution in [0, 0.1) is 11.3 Å². The summed E-state index contributed by atoms with van der Waals surface area (Å²) in [5.74, 6) is 0.0902. The number of fused-ring (bicyclic) bond motifs is 1. The number of benzene rings is 2. The Morgan fingerprint density at radius 2 is 1.89 bits per heavy atom. The molecule has 1 unspecified atom stereocenters. The number of ether oxygens (including phenoxy) is 2. The van der Waals surface area contributed by atoms with Gasteiger partial charge in [-0.1, -0.05) is 32.9 Å². The van der Waals surface area contributed by atoms with Gasteiger partial charge in [0.1, 0.15) is 22.9 Å². The van der Waals surface area contributed by atoms with Crippen LogP contribution >= 0.6 is 0 Å². The number of methoxy groups -OCH3 is 1. The lowest BCUT2D eigenvalue weighted by Crippen LogP contribution is -2.30. The minimum absolute atomic E-state index is 0.0298. The van der Waals surface area contributed by atoms with Gasteiger partial charge in [-0.2, -0.15) is 0 Å². The molecule has 2 aromatic carbocycles. The molecular weight excluding hydrogens is 461 g/mol. The second-order valence-corrected chi connectivity index (χ2v) is 10.2. The molecule has 1 heterocycles. The molecule has 1 aliphatic rings. The van der Waals surface area contributed by atoms with E-state index in [2.05, 4.69) is 30.1 Å². The monoisotopic (exact) mass is 490 g/mol. The minimum Gasteiger partial charge on any atom is -0.496 e. The van der Waals surface area contributed by atoms with Crippen LogP contribution in [0.3, 0.4) is 0 Å². The van der Waals surface area contributed by atoms with E-state index in [1.54, 1.807) is 18.2 Å². The standard InChI is InChI=1S/C26H29F3N2O4/c1-15-9-17(14-25(2,3)13-15)31-21-12-22(34-4)19(24(32)33)11-20(21)30-23(31)10-16-5-7-18(8-6-16)35-26(27,28)29/h5-8,11-12,15,17H,9-10,13-14H2,1-4H3,(H,32,33)/t15-,17?/m0/s1. The van der Waals surface area contributed by atoms with E-state index in [0.29, 0.717) is 17.9 Å². The van der Waals surface area contributed by atoms with Crippen LogP contribution in [0.5, 0.6) is 11.5 Å². The molecule has 1 N–H and O–H groups in total. The van der Waals surface area contributed by atoms with Gasteiger partial charge in [0.05, 0.1) is 18.1 Å².